The van der Waals surface area contributed by atoms with Gasteiger partial charge in [-0.1, -0.05) is 0 Å². The number of nitrogens with one attached hydrogen (secondary N) is 1. The highest BCUT2D eigenvalue weighted by Crippen LogP contribution is 2.33. The summed E-state index contributed by atoms with van der Waals surface area (Å²) in [5.41, 5.74) is 2.66. The molecule has 0 aliphatic carbocycles. The second-order valence-corrected chi connectivity index (χ2v) is 8.84. The van der Waals surface area contributed by atoms with E-state index in [0.29, 0.717) is 35.8 Å². The van der Waals surface area contributed by atoms with Crippen LogP contribution in [0.25, 0.3) is 16.4 Å². The van der Waals surface area contributed by atoms with E-state index in [2.05, 4.69) is 15.4 Å². The SMILES string of the molecule is Cc1c(F)ccc2cc([C@H](C)Nc3ncnn4cccc34)c(N3CCN(CC(F)(F)F)CC3)nc12. The van der Waals surface area contributed by atoms with Crippen molar-refractivity contribution in [3.8, 4) is 0 Å². The Hall–Kier alpha value is -3.47. The van der Waals surface area contributed by atoms with Gasteiger partial charge in [-0.15, -0.1) is 0 Å². The number of nitrogens with zero attached hydrogens (tertiary/aromatic N) is 6. The molecular weight excluding hydrogens is 462 g/mol. The van der Waals surface area contributed by atoms with Crippen molar-refractivity contribution < 1.29 is 17.6 Å². The number of pyridine rings is 1. The van der Waals surface area contributed by atoms with Crippen molar-refractivity contribution in [1.82, 2.24) is 24.5 Å². The van der Waals surface area contributed by atoms with Crippen LogP contribution in [0, 0.1) is 12.7 Å². The molecule has 5 rings (SSSR count). The third kappa shape index (κ3) is 4.72. The number of hydrogen-bond acceptors (Lipinski definition) is 6. The van der Waals surface area contributed by atoms with Crippen LogP contribution >= 0.6 is 0 Å². The molecule has 1 aromatic carbocycles. The van der Waals surface area contributed by atoms with Gasteiger partial charge in [0, 0.05) is 48.9 Å². The molecule has 4 heterocycles. The fraction of sp³-hybridized carbons (Fsp3) is 0.375. The lowest BCUT2D eigenvalue weighted by Gasteiger charge is -2.37. The minimum absolute atomic E-state index is 0.242. The smallest absolute Gasteiger partial charge is 0.362 e. The van der Waals surface area contributed by atoms with E-state index in [-0.39, 0.29) is 24.9 Å². The summed E-state index contributed by atoms with van der Waals surface area (Å²) >= 11 is 0. The van der Waals surface area contributed by atoms with Gasteiger partial charge in [0.1, 0.15) is 23.5 Å². The van der Waals surface area contributed by atoms with Crippen molar-refractivity contribution in [2.24, 2.45) is 0 Å². The standard InChI is InChI=1S/C24H25F4N7/c1-15-19(25)6-5-17-12-18(16(2)31-22-20-4-3-7-35(20)30-14-29-22)23(32-21(15)17)34-10-8-33(9-11-34)13-24(26,27)28/h3-7,12,14,16H,8-11,13H2,1-2H3,(H,29,30,31)/t16-/m0/s1. The maximum absolute atomic E-state index is 14.3. The van der Waals surface area contributed by atoms with E-state index in [0.717, 1.165) is 16.5 Å². The lowest BCUT2D eigenvalue weighted by molar-refractivity contribution is -0.146. The summed E-state index contributed by atoms with van der Waals surface area (Å²) in [7, 11) is 0. The summed E-state index contributed by atoms with van der Waals surface area (Å²) in [6.45, 7) is 4.03. The monoisotopic (exact) mass is 487 g/mol. The van der Waals surface area contributed by atoms with Gasteiger partial charge in [-0.3, -0.25) is 4.90 Å². The average molecular weight is 488 g/mol. The van der Waals surface area contributed by atoms with Gasteiger partial charge in [-0.25, -0.2) is 18.9 Å². The highest BCUT2D eigenvalue weighted by Gasteiger charge is 2.33. The third-order valence-electron chi connectivity index (χ3n) is 6.41. The lowest BCUT2D eigenvalue weighted by atomic mass is 10.0. The molecule has 1 N–H and O–H groups in total. The van der Waals surface area contributed by atoms with Crippen LogP contribution in [0.1, 0.15) is 24.1 Å². The molecule has 1 fully saturated rings. The van der Waals surface area contributed by atoms with E-state index in [4.69, 9.17) is 4.98 Å². The predicted octanol–water partition coefficient (Wildman–Crippen LogP) is 4.58. The second kappa shape index (κ2) is 8.95. The first-order valence-electron chi connectivity index (χ1n) is 11.4. The first kappa shape index (κ1) is 23.3. The molecule has 7 nitrogen and oxygen atoms in total. The zero-order chi connectivity index (χ0) is 24.7. The van der Waals surface area contributed by atoms with Gasteiger partial charge in [0.05, 0.1) is 18.1 Å². The molecule has 4 aromatic rings. The van der Waals surface area contributed by atoms with Gasteiger partial charge < -0.3 is 10.2 Å². The molecule has 35 heavy (non-hydrogen) atoms. The van der Waals surface area contributed by atoms with Gasteiger partial charge in [-0.05, 0) is 44.2 Å². The number of benzene rings is 1. The molecule has 1 atom stereocenters. The number of fused-ring (bicyclic) bond motifs is 2. The zero-order valence-corrected chi connectivity index (χ0v) is 19.3. The molecular formula is C24H25F4N7. The Morgan fingerprint density at radius 1 is 1.11 bits per heavy atom. The summed E-state index contributed by atoms with van der Waals surface area (Å²) in [5.74, 6) is 0.939. The van der Waals surface area contributed by atoms with E-state index in [1.807, 2.05) is 36.2 Å². The van der Waals surface area contributed by atoms with E-state index in [9.17, 15) is 17.6 Å². The van der Waals surface area contributed by atoms with Crippen molar-refractivity contribution in [1.29, 1.82) is 0 Å². The Morgan fingerprint density at radius 3 is 2.63 bits per heavy atom. The molecule has 3 aromatic heterocycles. The van der Waals surface area contributed by atoms with Crippen molar-refractivity contribution >= 4 is 28.1 Å². The van der Waals surface area contributed by atoms with E-state index < -0.39 is 12.7 Å². The number of rotatable bonds is 5. The van der Waals surface area contributed by atoms with Crippen molar-refractivity contribution in [3.63, 3.8) is 0 Å². The molecule has 11 heteroatoms. The molecule has 1 aliphatic heterocycles. The Bertz CT molecular complexity index is 1360. The molecule has 0 radical (unpaired) electrons. The number of anilines is 2. The van der Waals surface area contributed by atoms with Crippen LogP contribution in [0.3, 0.4) is 0 Å². The maximum Gasteiger partial charge on any atom is 0.401 e. The quantitative estimate of drug-likeness (QED) is 0.416. The van der Waals surface area contributed by atoms with Crippen LogP contribution in [0.2, 0.25) is 0 Å². The van der Waals surface area contributed by atoms with Gasteiger partial charge in [0.15, 0.2) is 5.82 Å². The van der Waals surface area contributed by atoms with E-state index >= 15 is 0 Å². The highest BCUT2D eigenvalue weighted by molar-refractivity contribution is 5.85. The molecule has 0 unspecified atom stereocenters. The van der Waals surface area contributed by atoms with Gasteiger partial charge in [0.25, 0.3) is 0 Å². The van der Waals surface area contributed by atoms with Crippen molar-refractivity contribution in [2.45, 2.75) is 26.1 Å². The second-order valence-electron chi connectivity index (χ2n) is 8.84. The van der Waals surface area contributed by atoms with E-state index in [1.165, 1.54) is 17.3 Å². The first-order chi connectivity index (χ1) is 16.7. The van der Waals surface area contributed by atoms with Crippen LogP contribution in [0.4, 0.5) is 29.2 Å². The normalized spacial score (nSPS) is 16.2. The number of aryl methyl sites for hydroxylation is 1. The molecule has 1 saturated heterocycles. The van der Waals surface area contributed by atoms with Gasteiger partial charge in [0.2, 0.25) is 0 Å². The molecule has 0 amide bonds. The maximum atomic E-state index is 14.3. The molecule has 184 valence electrons. The van der Waals surface area contributed by atoms with Crippen LogP contribution in [-0.4, -0.2) is 63.4 Å². The van der Waals surface area contributed by atoms with E-state index in [1.54, 1.807) is 17.5 Å². The number of alkyl halides is 3. The largest absolute Gasteiger partial charge is 0.401 e. The molecule has 0 bridgehead atoms. The number of piperazine rings is 1. The number of aromatic nitrogens is 4. The van der Waals surface area contributed by atoms with Gasteiger partial charge >= 0.3 is 6.18 Å². The fourth-order valence-corrected chi connectivity index (χ4v) is 4.57. The summed E-state index contributed by atoms with van der Waals surface area (Å²) in [5, 5.41) is 8.41. The number of halogens is 4. The van der Waals surface area contributed by atoms with Crippen LogP contribution in [0.15, 0.2) is 42.9 Å². The number of hydrogen-bond donors (Lipinski definition) is 1. The van der Waals surface area contributed by atoms with Crippen LogP contribution in [-0.2, 0) is 0 Å². The first-order valence-corrected chi connectivity index (χ1v) is 11.4. The Morgan fingerprint density at radius 2 is 1.89 bits per heavy atom. The summed E-state index contributed by atoms with van der Waals surface area (Å²) < 4.78 is 54.6. The zero-order valence-electron chi connectivity index (χ0n) is 19.3. The third-order valence-corrected chi connectivity index (χ3v) is 6.41. The Labute approximate surface area is 199 Å². The Balaban J connectivity index is 1.50. The average Bonchev–Trinajstić information content (AvgIpc) is 3.30. The topological polar surface area (TPSA) is 61.6 Å². The summed E-state index contributed by atoms with van der Waals surface area (Å²) in [6, 6.07) is 8.63. The predicted molar refractivity (Wildman–Crippen MR) is 126 cm³/mol. The molecule has 0 spiro atoms. The fourth-order valence-electron chi connectivity index (χ4n) is 4.57. The molecule has 1 aliphatic rings. The Kier molecular flexibility index (Phi) is 5.96. The summed E-state index contributed by atoms with van der Waals surface area (Å²) in [4.78, 5) is 12.6. The van der Waals surface area contributed by atoms with Gasteiger partial charge in [-0.2, -0.15) is 18.3 Å². The highest BCUT2D eigenvalue weighted by atomic mass is 19.4. The lowest BCUT2D eigenvalue weighted by Crippen LogP contribution is -2.49. The summed E-state index contributed by atoms with van der Waals surface area (Å²) in [6.07, 6.45) is -0.940. The minimum atomic E-state index is -4.23. The minimum Gasteiger partial charge on any atom is -0.362 e. The van der Waals surface area contributed by atoms with Crippen LogP contribution < -0.4 is 10.2 Å². The van der Waals surface area contributed by atoms with Crippen LogP contribution in [0.5, 0.6) is 0 Å². The molecule has 0 saturated carbocycles. The van der Waals surface area contributed by atoms with Crippen molar-refractivity contribution in [3.05, 3.63) is 59.8 Å². The van der Waals surface area contributed by atoms with Crippen molar-refractivity contribution in [2.75, 3.05) is 42.9 Å².